The van der Waals surface area contributed by atoms with Crippen molar-refractivity contribution in [1.82, 2.24) is 4.40 Å². The van der Waals surface area contributed by atoms with E-state index in [0.717, 1.165) is 4.40 Å². The number of carbonyl (C=O) groups excluding carboxylic acids is 2. The van der Waals surface area contributed by atoms with E-state index >= 15 is 0 Å². The van der Waals surface area contributed by atoms with Crippen molar-refractivity contribution in [2.45, 2.75) is 36.5 Å². The van der Waals surface area contributed by atoms with Crippen LogP contribution >= 0.6 is 0 Å². The van der Waals surface area contributed by atoms with Crippen LogP contribution in [0.5, 0.6) is 5.75 Å². The van der Waals surface area contributed by atoms with E-state index in [2.05, 4.69) is 0 Å². The highest BCUT2D eigenvalue weighted by molar-refractivity contribution is 7.94. The number of ether oxygens (including phenoxy) is 1. The third-order valence-corrected chi connectivity index (χ3v) is 9.33. The zero-order valence-corrected chi connectivity index (χ0v) is 20.7. The molecule has 2 aromatic heterocycles. The molecule has 2 heterocycles. The molecule has 0 bridgehead atoms. The summed E-state index contributed by atoms with van der Waals surface area (Å²) in [6, 6.07) is 8.69. The summed E-state index contributed by atoms with van der Waals surface area (Å²) in [6.45, 7) is 3.27. The van der Waals surface area contributed by atoms with Crippen molar-refractivity contribution in [3.63, 3.8) is 0 Å². The number of nitrogens with zero attached hydrogens (tertiary/aromatic N) is 1. The SMILES string of the molecule is CCCS(=O)(=O)c1c(S(=O)(=O)CCC)c2c(C(N)=O)cccn2c1C(=O)c1ccc(OC)cc1. The molecule has 0 radical (unpaired) electrons. The average Bonchev–Trinajstić information content (AvgIpc) is 3.15. The summed E-state index contributed by atoms with van der Waals surface area (Å²) in [6.07, 6.45) is 1.75. The molecule has 0 aliphatic rings. The fraction of sp³-hybridized carbons (Fsp3) is 0.304. The summed E-state index contributed by atoms with van der Waals surface area (Å²) in [7, 11) is -6.99. The van der Waals surface area contributed by atoms with Gasteiger partial charge in [0.15, 0.2) is 19.7 Å². The maximum Gasteiger partial charge on any atom is 0.250 e. The highest BCUT2D eigenvalue weighted by atomic mass is 32.2. The van der Waals surface area contributed by atoms with E-state index in [1.165, 1.54) is 49.7 Å². The minimum absolute atomic E-state index is 0.122. The van der Waals surface area contributed by atoms with Gasteiger partial charge in [0, 0.05) is 11.8 Å². The minimum atomic E-state index is -4.24. The monoisotopic (exact) mass is 506 g/mol. The Labute approximate surface area is 198 Å². The predicted molar refractivity (Wildman–Crippen MR) is 127 cm³/mol. The Morgan fingerprint density at radius 3 is 1.97 bits per heavy atom. The Bertz CT molecular complexity index is 1470. The van der Waals surface area contributed by atoms with Crippen LogP contribution in [0.1, 0.15) is 53.1 Å². The first-order valence-corrected chi connectivity index (χ1v) is 13.9. The molecule has 0 saturated carbocycles. The smallest absolute Gasteiger partial charge is 0.250 e. The summed E-state index contributed by atoms with van der Waals surface area (Å²) in [4.78, 5) is 24.7. The van der Waals surface area contributed by atoms with Gasteiger partial charge in [-0.25, -0.2) is 16.8 Å². The van der Waals surface area contributed by atoms with E-state index in [1.807, 2.05) is 0 Å². The standard InChI is InChI=1S/C23H26N2O7S2/c1-4-13-33(28,29)21-18-17(23(24)27)7-6-12-25(18)19(22(21)34(30,31)14-5-2)20(26)15-8-10-16(32-3)11-9-15/h6-12H,4-5,13-14H2,1-3H3,(H2,24,27). The number of benzene rings is 1. The third-order valence-electron chi connectivity index (χ3n) is 5.27. The number of aromatic nitrogens is 1. The van der Waals surface area contributed by atoms with Gasteiger partial charge < -0.3 is 14.9 Å². The van der Waals surface area contributed by atoms with Crippen molar-refractivity contribution < 1.29 is 31.2 Å². The zero-order chi connectivity index (χ0) is 25.3. The lowest BCUT2D eigenvalue weighted by Crippen LogP contribution is -2.17. The number of primary amides is 1. The van der Waals surface area contributed by atoms with E-state index in [1.54, 1.807) is 13.8 Å². The van der Waals surface area contributed by atoms with Crippen LogP contribution in [0.3, 0.4) is 0 Å². The number of nitrogens with two attached hydrogens (primary N) is 1. The van der Waals surface area contributed by atoms with E-state index in [0.29, 0.717) is 5.75 Å². The number of sulfone groups is 2. The van der Waals surface area contributed by atoms with Crippen LogP contribution < -0.4 is 10.5 Å². The van der Waals surface area contributed by atoms with Gasteiger partial charge in [-0.2, -0.15) is 0 Å². The van der Waals surface area contributed by atoms with E-state index in [4.69, 9.17) is 10.5 Å². The van der Waals surface area contributed by atoms with E-state index in [9.17, 15) is 26.4 Å². The Kier molecular flexibility index (Phi) is 7.18. The maximum absolute atomic E-state index is 13.7. The number of methoxy groups -OCH3 is 1. The molecule has 0 spiro atoms. The highest BCUT2D eigenvalue weighted by Gasteiger charge is 2.38. The van der Waals surface area contributed by atoms with Crippen LogP contribution in [-0.4, -0.2) is 51.5 Å². The third kappa shape index (κ3) is 4.45. The molecule has 3 rings (SSSR count). The minimum Gasteiger partial charge on any atom is -0.497 e. The first kappa shape index (κ1) is 25.4. The number of ketones is 1. The van der Waals surface area contributed by atoms with Gasteiger partial charge in [0.1, 0.15) is 21.2 Å². The molecule has 0 saturated heterocycles. The largest absolute Gasteiger partial charge is 0.497 e. The van der Waals surface area contributed by atoms with Gasteiger partial charge >= 0.3 is 0 Å². The van der Waals surface area contributed by atoms with Crippen LogP contribution in [0.2, 0.25) is 0 Å². The molecule has 182 valence electrons. The predicted octanol–water partition coefficient (Wildman–Crippen LogP) is 2.65. The molecular weight excluding hydrogens is 480 g/mol. The topological polar surface area (TPSA) is 142 Å². The molecule has 11 heteroatoms. The lowest BCUT2D eigenvalue weighted by Gasteiger charge is -2.09. The molecule has 0 unspecified atom stereocenters. The molecule has 0 atom stereocenters. The Hall–Kier alpha value is -3.18. The number of hydrogen-bond acceptors (Lipinski definition) is 7. The van der Waals surface area contributed by atoms with Crippen molar-refractivity contribution in [3.8, 4) is 5.75 Å². The summed E-state index contributed by atoms with van der Waals surface area (Å²) in [5.41, 5.74) is 4.88. The molecule has 1 aromatic carbocycles. The molecule has 2 N–H and O–H groups in total. The van der Waals surface area contributed by atoms with Crippen LogP contribution in [0, 0.1) is 0 Å². The summed E-state index contributed by atoms with van der Waals surface area (Å²) in [5.74, 6) is -1.93. The average molecular weight is 507 g/mol. The molecule has 0 aliphatic heterocycles. The van der Waals surface area contributed by atoms with E-state index < -0.39 is 41.2 Å². The lowest BCUT2D eigenvalue weighted by molar-refractivity contribution is 0.0997. The molecule has 9 nitrogen and oxygen atoms in total. The fourth-order valence-corrected chi connectivity index (χ4v) is 7.85. The summed E-state index contributed by atoms with van der Waals surface area (Å²) < 4.78 is 59.9. The fourth-order valence-electron chi connectivity index (χ4n) is 3.86. The van der Waals surface area contributed by atoms with Crippen LogP contribution in [-0.2, 0) is 19.7 Å². The normalized spacial score (nSPS) is 12.1. The number of pyridine rings is 1. The van der Waals surface area contributed by atoms with Crippen molar-refractivity contribution in [3.05, 3.63) is 59.4 Å². The number of hydrogen-bond donors (Lipinski definition) is 1. The Morgan fingerprint density at radius 1 is 0.912 bits per heavy atom. The number of amides is 1. The first-order chi connectivity index (χ1) is 16.0. The zero-order valence-electron chi connectivity index (χ0n) is 19.1. The highest BCUT2D eigenvalue weighted by Crippen LogP contribution is 2.37. The maximum atomic E-state index is 13.7. The van der Waals surface area contributed by atoms with Crippen molar-refractivity contribution in [2.75, 3.05) is 18.6 Å². The van der Waals surface area contributed by atoms with Gasteiger partial charge in [-0.05, 0) is 49.2 Å². The molecule has 1 amide bonds. The van der Waals surface area contributed by atoms with Gasteiger partial charge in [-0.15, -0.1) is 0 Å². The first-order valence-electron chi connectivity index (χ1n) is 10.6. The van der Waals surface area contributed by atoms with Crippen LogP contribution in [0.25, 0.3) is 5.52 Å². The Morgan fingerprint density at radius 2 is 1.47 bits per heavy atom. The lowest BCUT2D eigenvalue weighted by atomic mass is 10.1. The second-order valence-electron chi connectivity index (χ2n) is 7.71. The number of carbonyl (C=O) groups is 2. The summed E-state index contributed by atoms with van der Waals surface area (Å²) >= 11 is 0. The van der Waals surface area contributed by atoms with Crippen LogP contribution in [0.15, 0.2) is 52.4 Å². The molecule has 34 heavy (non-hydrogen) atoms. The molecule has 0 fully saturated rings. The molecule has 3 aromatic rings. The second-order valence-corrected chi connectivity index (χ2v) is 11.8. The summed E-state index contributed by atoms with van der Waals surface area (Å²) in [5, 5.41) is 0. The Balaban J connectivity index is 2.57. The van der Waals surface area contributed by atoms with Gasteiger partial charge in [-0.1, -0.05) is 13.8 Å². The number of rotatable bonds is 10. The van der Waals surface area contributed by atoms with Gasteiger partial charge in [0.2, 0.25) is 5.78 Å². The van der Waals surface area contributed by atoms with Crippen molar-refractivity contribution >= 4 is 36.9 Å². The van der Waals surface area contributed by atoms with Gasteiger partial charge in [0.25, 0.3) is 5.91 Å². The van der Waals surface area contributed by atoms with Gasteiger partial charge in [-0.3, -0.25) is 9.59 Å². The van der Waals surface area contributed by atoms with E-state index in [-0.39, 0.29) is 46.7 Å². The van der Waals surface area contributed by atoms with Crippen molar-refractivity contribution in [1.29, 1.82) is 0 Å². The van der Waals surface area contributed by atoms with Gasteiger partial charge in [0.05, 0.1) is 29.7 Å². The second kappa shape index (κ2) is 9.59. The molecular formula is C23H26N2O7S2. The van der Waals surface area contributed by atoms with Crippen molar-refractivity contribution in [2.24, 2.45) is 5.73 Å². The quantitative estimate of drug-likeness (QED) is 0.417. The van der Waals surface area contributed by atoms with Crippen LogP contribution in [0.4, 0.5) is 0 Å². The number of fused-ring (bicyclic) bond motifs is 1. The molecule has 0 aliphatic carbocycles.